The highest BCUT2D eigenvalue weighted by Gasteiger charge is 2.37. The van der Waals surface area contributed by atoms with Gasteiger partial charge in [0.2, 0.25) is 0 Å². The average molecular weight is 352 g/mol. The Hall–Kier alpha value is -1.47. The third-order valence-corrected chi connectivity index (χ3v) is 3.73. The molecule has 8 heteroatoms. The lowest BCUT2D eigenvalue weighted by atomic mass is 10.1. The second kappa shape index (κ2) is 7.88. The molecule has 0 N–H and O–H groups in total. The zero-order chi connectivity index (χ0) is 16.9. The molecule has 0 unspecified atom stereocenters. The minimum absolute atomic E-state index is 0.352. The van der Waals surface area contributed by atoms with Gasteiger partial charge in [0, 0.05) is 24.3 Å². The van der Waals surface area contributed by atoms with Gasteiger partial charge in [-0.15, -0.1) is 0 Å². The quantitative estimate of drug-likeness (QED) is 0.817. The summed E-state index contributed by atoms with van der Waals surface area (Å²) < 4.78 is 48.6. The molecule has 1 heterocycles. The molecule has 1 saturated heterocycles. The lowest BCUT2D eigenvalue weighted by Gasteiger charge is -2.34. The van der Waals surface area contributed by atoms with E-state index in [1.165, 1.54) is 0 Å². The van der Waals surface area contributed by atoms with Gasteiger partial charge < -0.3 is 14.4 Å². The SMILES string of the molecule is O=C(COc1ccc(Cl)cc1)N(CC(F)(F)F)C1CCOCC1. The lowest BCUT2D eigenvalue weighted by molar-refractivity contribution is -0.170. The summed E-state index contributed by atoms with van der Waals surface area (Å²) >= 11 is 5.73. The third kappa shape index (κ3) is 5.91. The van der Waals surface area contributed by atoms with Crippen LogP contribution in [0.1, 0.15) is 12.8 Å². The molecular formula is C15H17ClF3NO3. The number of nitrogens with zero attached hydrogens (tertiary/aromatic N) is 1. The van der Waals surface area contributed by atoms with Gasteiger partial charge in [-0.3, -0.25) is 4.79 Å². The molecule has 1 aromatic rings. The molecule has 128 valence electrons. The van der Waals surface area contributed by atoms with Gasteiger partial charge in [0.15, 0.2) is 6.61 Å². The predicted molar refractivity (Wildman–Crippen MR) is 78.6 cm³/mol. The smallest absolute Gasteiger partial charge is 0.406 e. The Morgan fingerprint density at radius 3 is 2.43 bits per heavy atom. The second-order valence-corrected chi connectivity index (χ2v) is 5.66. The van der Waals surface area contributed by atoms with Crippen molar-refractivity contribution in [2.75, 3.05) is 26.4 Å². The summed E-state index contributed by atoms with van der Waals surface area (Å²) in [5.74, 6) is -0.314. The fourth-order valence-electron chi connectivity index (χ4n) is 2.37. The molecule has 0 saturated carbocycles. The van der Waals surface area contributed by atoms with Crippen LogP contribution in [-0.4, -0.2) is 49.4 Å². The van der Waals surface area contributed by atoms with Crippen molar-refractivity contribution in [1.82, 2.24) is 4.90 Å². The van der Waals surface area contributed by atoms with Crippen molar-refractivity contribution in [1.29, 1.82) is 0 Å². The van der Waals surface area contributed by atoms with E-state index in [9.17, 15) is 18.0 Å². The van der Waals surface area contributed by atoms with Gasteiger partial charge in [-0.2, -0.15) is 13.2 Å². The van der Waals surface area contributed by atoms with E-state index >= 15 is 0 Å². The summed E-state index contributed by atoms with van der Waals surface area (Å²) in [6.07, 6.45) is -3.67. The van der Waals surface area contributed by atoms with Crippen molar-refractivity contribution in [2.45, 2.75) is 25.1 Å². The fraction of sp³-hybridized carbons (Fsp3) is 0.533. The zero-order valence-corrected chi connectivity index (χ0v) is 13.1. The van der Waals surface area contributed by atoms with Crippen molar-refractivity contribution in [2.24, 2.45) is 0 Å². The molecule has 2 rings (SSSR count). The summed E-state index contributed by atoms with van der Waals surface area (Å²) in [5.41, 5.74) is 0. The van der Waals surface area contributed by atoms with Crippen molar-refractivity contribution in [3.63, 3.8) is 0 Å². The van der Waals surface area contributed by atoms with Gasteiger partial charge >= 0.3 is 6.18 Å². The molecule has 0 spiro atoms. The Morgan fingerprint density at radius 2 is 1.87 bits per heavy atom. The topological polar surface area (TPSA) is 38.8 Å². The molecule has 1 aliphatic heterocycles. The summed E-state index contributed by atoms with van der Waals surface area (Å²) in [6, 6.07) is 5.78. The number of rotatable bonds is 5. The van der Waals surface area contributed by atoms with E-state index in [0.717, 1.165) is 4.90 Å². The zero-order valence-electron chi connectivity index (χ0n) is 12.3. The minimum Gasteiger partial charge on any atom is -0.484 e. The molecule has 0 bridgehead atoms. The first-order valence-electron chi connectivity index (χ1n) is 7.17. The molecule has 1 amide bonds. The van der Waals surface area contributed by atoms with Gasteiger partial charge in [0.05, 0.1) is 0 Å². The summed E-state index contributed by atoms with van der Waals surface area (Å²) in [4.78, 5) is 13.0. The molecule has 0 atom stereocenters. The average Bonchev–Trinajstić information content (AvgIpc) is 2.52. The molecular weight excluding hydrogens is 335 g/mol. The molecule has 0 aliphatic carbocycles. The van der Waals surface area contributed by atoms with Crippen LogP contribution >= 0.6 is 11.6 Å². The molecule has 1 aromatic carbocycles. The highest BCUT2D eigenvalue weighted by Crippen LogP contribution is 2.23. The first kappa shape index (κ1) is 17.9. The van der Waals surface area contributed by atoms with Gasteiger partial charge in [0.25, 0.3) is 5.91 Å². The number of hydrogen-bond acceptors (Lipinski definition) is 3. The van der Waals surface area contributed by atoms with Gasteiger partial charge in [-0.05, 0) is 37.1 Å². The van der Waals surface area contributed by atoms with Gasteiger partial charge in [-0.25, -0.2) is 0 Å². The Kier molecular flexibility index (Phi) is 6.12. The number of ether oxygens (including phenoxy) is 2. The number of amides is 1. The second-order valence-electron chi connectivity index (χ2n) is 5.22. The first-order valence-corrected chi connectivity index (χ1v) is 7.55. The Morgan fingerprint density at radius 1 is 1.26 bits per heavy atom. The minimum atomic E-state index is -4.45. The van der Waals surface area contributed by atoms with E-state index in [2.05, 4.69) is 0 Å². The van der Waals surface area contributed by atoms with Crippen LogP contribution in [0.2, 0.25) is 5.02 Å². The summed E-state index contributed by atoms with van der Waals surface area (Å²) in [6.45, 7) is -1.02. The largest absolute Gasteiger partial charge is 0.484 e. The van der Waals surface area contributed by atoms with Crippen molar-refractivity contribution in [3.8, 4) is 5.75 Å². The Labute approximate surface area is 137 Å². The third-order valence-electron chi connectivity index (χ3n) is 3.48. The van der Waals surface area contributed by atoms with Crippen LogP contribution in [-0.2, 0) is 9.53 Å². The highest BCUT2D eigenvalue weighted by atomic mass is 35.5. The highest BCUT2D eigenvalue weighted by molar-refractivity contribution is 6.30. The number of halogens is 4. The van der Waals surface area contributed by atoms with Crippen LogP contribution in [0.5, 0.6) is 5.75 Å². The number of alkyl halides is 3. The number of hydrogen-bond donors (Lipinski definition) is 0. The Bertz CT molecular complexity index is 516. The maximum Gasteiger partial charge on any atom is 0.406 e. The summed E-state index contributed by atoms with van der Waals surface area (Å²) in [7, 11) is 0. The molecule has 0 aromatic heterocycles. The molecule has 0 radical (unpaired) electrons. The van der Waals surface area contributed by atoms with Crippen LogP contribution in [0.25, 0.3) is 0 Å². The van der Waals surface area contributed by atoms with E-state index < -0.39 is 31.3 Å². The number of carbonyl (C=O) groups excluding carboxylic acids is 1. The predicted octanol–water partition coefficient (Wildman–Crippen LogP) is 3.29. The fourth-order valence-corrected chi connectivity index (χ4v) is 2.50. The van der Waals surface area contributed by atoms with Gasteiger partial charge in [0.1, 0.15) is 12.3 Å². The maximum absolute atomic E-state index is 12.7. The van der Waals surface area contributed by atoms with Crippen LogP contribution in [0, 0.1) is 0 Å². The van der Waals surface area contributed by atoms with E-state index in [1.807, 2.05) is 0 Å². The van der Waals surface area contributed by atoms with Crippen molar-refractivity contribution >= 4 is 17.5 Å². The van der Waals surface area contributed by atoms with E-state index in [4.69, 9.17) is 21.1 Å². The molecule has 1 fully saturated rings. The number of benzene rings is 1. The van der Waals surface area contributed by atoms with Crippen LogP contribution in [0.4, 0.5) is 13.2 Å². The first-order chi connectivity index (χ1) is 10.8. The van der Waals surface area contributed by atoms with Gasteiger partial charge in [-0.1, -0.05) is 11.6 Å². The van der Waals surface area contributed by atoms with Crippen molar-refractivity contribution < 1.29 is 27.4 Å². The van der Waals surface area contributed by atoms with Crippen LogP contribution in [0.3, 0.4) is 0 Å². The molecule has 23 heavy (non-hydrogen) atoms. The van der Waals surface area contributed by atoms with Crippen LogP contribution in [0.15, 0.2) is 24.3 Å². The van der Waals surface area contributed by atoms with E-state index in [1.54, 1.807) is 24.3 Å². The number of carbonyl (C=O) groups is 1. The van der Waals surface area contributed by atoms with Crippen LogP contribution < -0.4 is 4.74 Å². The normalized spacial score (nSPS) is 16.2. The van der Waals surface area contributed by atoms with E-state index in [0.29, 0.717) is 36.8 Å². The standard InChI is InChI=1S/C15H17ClF3NO3/c16-11-1-3-13(4-2-11)23-9-14(21)20(10-15(17,18)19)12-5-7-22-8-6-12/h1-4,12H,5-10H2. The lowest BCUT2D eigenvalue weighted by Crippen LogP contribution is -2.49. The van der Waals surface area contributed by atoms with Crippen molar-refractivity contribution in [3.05, 3.63) is 29.3 Å². The molecule has 4 nitrogen and oxygen atoms in total. The maximum atomic E-state index is 12.7. The Balaban J connectivity index is 1.98. The summed E-state index contributed by atoms with van der Waals surface area (Å²) in [5, 5.41) is 0.504. The van der Waals surface area contributed by atoms with E-state index in [-0.39, 0.29) is 0 Å². The monoisotopic (exact) mass is 351 g/mol. The molecule has 1 aliphatic rings.